The fourth-order valence-corrected chi connectivity index (χ4v) is 3.57. The number of piperidine rings is 2. The van der Waals surface area contributed by atoms with Crippen molar-refractivity contribution in [2.75, 3.05) is 19.6 Å². The number of halogens is 1. The van der Waals surface area contributed by atoms with Gasteiger partial charge in [-0.25, -0.2) is 0 Å². The molecule has 24 heavy (non-hydrogen) atoms. The van der Waals surface area contributed by atoms with Crippen LogP contribution in [-0.2, 0) is 9.59 Å². The molecule has 0 saturated carbocycles. The molecule has 2 aliphatic rings. The highest BCUT2D eigenvalue weighted by molar-refractivity contribution is 5.89. The van der Waals surface area contributed by atoms with Gasteiger partial charge in [-0.3, -0.25) is 9.59 Å². The molecule has 2 unspecified atom stereocenters. The lowest BCUT2D eigenvalue weighted by molar-refractivity contribution is -0.148. The van der Waals surface area contributed by atoms with Crippen molar-refractivity contribution in [3.05, 3.63) is 35.9 Å². The molecular formula is C18H26ClN3O2. The molecule has 0 bridgehead atoms. The van der Waals surface area contributed by atoms with Gasteiger partial charge < -0.3 is 15.5 Å². The van der Waals surface area contributed by atoms with Crippen molar-refractivity contribution in [1.82, 2.24) is 9.80 Å². The Morgan fingerprint density at radius 3 is 2.54 bits per heavy atom. The number of hydrogen-bond acceptors (Lipinski definition) is 3. The summed E-state index contributed by atoms with van der Waals surface area (Å²) in [6.45, 7) is 1.98. The first-order chi connectivity index (χ1) is 11.2. The molecule has 132 valence electrons. The number of carbonyl (C=O) groups is 2. The molecule has 2 saturated heterocycles. The Labute approximate surface area is 149 Å². The number of nitrogens with two attached hydrogens (primary N) is 1. The average molecular weight is 352 g/mol. The van der Waals surface area contributed by atoms with Crippen LogP contribution in [-0.4, -0.2) is 47.3 Å². The number of carbonyl (C=O) groups excluding carboxylic acids is 2. The molecule has 3 rings (SSSR count). The Balaban J connectivity index is 0.00000208. The van der Waals surface area contributed by atoms with Crippen LogP contribution in [0.1, 0.15) is 43.7 Å². The molecule has 2 fully saturated rings. The number of nitrogens with zero attached hydrogens (tertiary/aromatic N) is 2. The van der Waals surface area contributed by atoms with Gasteiger partial charge in [-0.1, -0.05) is 30.3 Å². The van der Waals surface area contributed by atoms with Gasteiger partial charge in [0.15, 0.2) is 0 Å². The predicted octanol–water partition coefficient (Wildman–Crippen LogP) is 2.11. The summed E-state index contributed by atoms with van der Waals surface area (Å²) in [6, 6.07) is 9.19. The highest BCUT2D eigenvalue weighted by Crippen LogP contribution is 2.28. The van der Waals surface area contributed by atoms with Crippen LogP contribution >= 0.6 is 12.4 Å². The lowest BCUT2D eigenvalue weighted by Crippen LogP contribution is -2.52. The maximum Gasteiger partial charge on any atom is 0.250 e. The van der Waals surface area contributed by atoms with E-state index < -0.39 is 6.04 Å². The summed E-state index contributed by atoms with van der Waals surface area (Å²) in [4.78, 5) is 29.2. The van der Waals surface area contributed by atoms with Crippen molar-refractivity contribution in [1.29, 1.82) is 0 Å². The van der Waals surface area contributed by atoms with Crippen molar-refractivity contribution in [2.45, 2.75) is 44.2 Å². The van der Waals surface area contributed by atoms with Crippen molar-refractivity contribution in [3.8, 4) is 0 Å². The third-order valence-electron chi connectivity index (χ3n) is 4.79. The lowest BCUT2D eigenvalue weighted by Gasteiger charge is -2.39. The summed E-state index contributed by atoms with van der Waals surface area (Å²) in [7, 11) is 0. The molecule has 2 N–H and O–H groups in total. The van der Waals surface area contributed by atoms with Crippen LogP contribution in [0.25, 0.3) is 0 Å². The summed E-state index contributed by atoms with van der Waals surface area (Å²) in [5, 5.41) is 0. The van der Waals surface area contributed by atoms with Crippen LogP contribution in [0.5, 0.6) is 0 Å². The molecule has 2 atom stereocenters. The SMILES string of the molecule is Cl.NC1CCCN(C(=O)C(c2ccccc2)N2CCCCC2=O)C1. The van der Waals surface area contributed by atoms with E-state index in [1.54, 1.807) is 4.90 Å². The minimum atomic E-state index is -0.505. The molecular weight excluding hydrogens is 326 g/mol. The van der Waals surface area contributed by atoms with Gasteiger partial charge in [0.05, 0.1) is 0 Å². The second-order valence-corrected chi connectivity index (χ2v) is 6.54. The van der Waals surface area contributed by atoms with Gasteiger partial charge in [-0.2, -0.15) is 0 Å². The van der Waals surface area contributed by atoms with Crippen LogP contribution in [0.2, 0.25) is 0 Å². The third-order valence-corrected chi connectivity index (χ3v) is 4.79. The van der Waals surface area contributed by atoms with Crippen molar-refractivity contribution < 1.29 is 9.59 Å². The number of hydrogen-bond donors (Lipinski definition) is 1. The molecule has 2 heterocycles. The van der Waals surface area contributed by atoms with Gasteiger partial charge >= 0.3 is 0 Å². The normalized spacial score (nSPS) is 22.7. The van der Waals surface area contributed by atoms with E-state index in [1.807, 2.05) is 35.2 Å². The van der Waals surface area contributed by atoms with E-state index in [1.165, 1.54) is 0 Å². The summed E-state index contributed by atoms with van der Waals surface area (Å²) in [5.74, 6) is 0.0985. The van der Waals surface area contributed by atoms with E-state index >= 15 is 0 Å². The minimum absolute atomic E-state index is 0. The van der Waals surface area contributed by atoms with E-state index in [0.29, 0.717) is 19.5 Å². The zero-order valence-corrected chi connectivity index (χ0v) is 14.7. The van der Waals surface area contributed by atoms with E-state index in [0.717, 1.165) is 37.8 Å². The topological polar surface area (TPSA) is 66.6 Å². The van der Waals surface area contributed by atoms with Gasteiger partial charge in [0, 0.05) is 32.1 Å². The summed E-state index contributed by atoms with van der Waals surface area (Å²) in [6.07, 6.45) is 4.31. The number of benzene rings is 1. The molecule has 2 amide bonds. The zero-order valence-electron chi connectivity index (χ0n) is 13.9. The second kappa shape index (κ2) is 8.49. The Morgan fingerprint density at radius 1 is 1.12 bits per heavy atom. The smallest absolute Gasteiger partial charge is 0.250 e. The molecule has 1 aromatic rings. The van der Waals surface area contributed by atoms with Crippen molar-refractivity contribution in [2.24, 2.45) is 5.73 Å². The van der Waals surface area contributed by atoms with Crippen molar-refractivity contribution >= 4 is 24.2 Å². The van der Waals surface area contributed by atoms with Gasteiger partial charge in [-0.15, -0.1) is 12.4 Å². The van der Waals surface area contributed by atoms with Gasteiger partial charge in [-0.05, 0) is 31.2 Å². The van der Waals surface area contributed by atoms with E-state index in [4.69, 9.17) is 5.73 Å². The minimum Gasteiger partial charge on any atom is -0.339 e. The van der Waals surface area contributed by atoms with Crippen LogP contribution in [0.15, 0.2) is 30.3 Å². The first kappa shape index (κ1) is 18.7. The molecule has 6 heteroatoms. The first-order valence-electron chi connectivity index (χ1n) is 8.55. The number of amides is 2. The highest BCUT2D eigenvalue weighted by Gasteiger charge is 2.36. The maximum atomic E-state index is 13.2. The number of rotatable bonds is 3. The van der Waals surface area contributed by atoms with E-state index in [9.17, 15) is 9.59 Å². The second-order valence-electron chi connectivity index (χ2n) is 6.54. The molecule has 0 radical (unpaired) electrons. The molecule has 5 nitrogen and oxygen atoms in total. The van der Waals surface area contributed by atoms with Crippen LogP contribution in [0.3, 0.4) is 0 Å². The van der Waals surface area contributed by atoms with E-state index in [2.05, 4.69) is 0 Å². The maximum absolute atomic E-state index is 13.2. The summed E-state index contributed by atoms with van der Waals surface area (Å²) in [5.41, 5.74) is 6.93. The lowest BCUT2D eigenvalue weighted by atomic mass is 9.98. The van der Waals surface area contributed by atoms with E-state index in [-0.39, 0.29) is 30.3 Å². The Morgan fingerprint density at radius 2 is 1.88 bits per heavy atom. The van der Waals surface area contributed by atoms with Crippen molar-refractivity contribution in [3.63, 3.8) is 0 Å². The van der Waals surface area contributed by atoms with Gasteiger partial charge in [0.1, 0.15) is 6.04 Å². The first-order valence-corrected chi connectivity index (χ1v) is 8.55. The van der Waals surface area contributed by atoms with Crippen LogP contribution in [0.4, 0.5) is 0 Å². The standard InChI is InChI=1S/C18H25N3O2.ClH/c19-15-9-6-11-20(13-15)18(23)17(14-7-2-1-3-8-14)21-12-5-4-10-16(21)22;/h1-3,7-8,15,17H,4-6,9-13,19H2;1H. The fourth-order valence-electron chi connectivity index (χ4n) is 3.57. The van der Waals surface area contributed by atoms with Crippen LogP contribution in [0, 0.1) is 0 Å². The monoisotopic (exact) mass is 351 g/mol. The van der Waals surface area contributed by atoms with Crippen LogP contribution < -0.4 is 5.73 Å². The summed E-state index contributed by atoms with van der Waals surface area (Å²) >= 11 is 0. The Hall–Kier alpha value is -1.59. The molecule has 1 aromatic carbocycles. The van der Waals surface area contributed by atoms with Gasteiger partial charge in [0.25, 0.3) is 0 Å². The molecule has 0 aliphatic carbocycles. The Bertz CT molecular complexity index is 567. The molecule has 2 aliphatic heterocycles. The molecule has 0 spiro atoms. The fraction of sp³-hybridized carbons (Fsp3) is 0.556. The quantitative estimate of drug-likeness (QED) is 0.907. The highest BCUT2D eigenvalue weighted by atomic mass is 35.5. The zero-order chi connectivity index (χ0) is 16.2. The third kappa shape index (κ3) is 4.08. The summed E-state index contributed by atoms with van der Waals surface area (Å²) < 4.78 is 0. The predicted molar refractivity (Wildman–Crippen MR) is 95.8 cm³/mol. The molecule has 0 aromatic heterocycles. The largest absolute Gasteiger partial charge is 0.339 e. The van der Waals surface area contributed by atoms with Gasteiger partial charge in [0.2, 0.25) is 11.8 Å². The number of likely N-dealkylation sites (tertiary alicyclic amines) is 2. The average Bonchev–Trinajstić information content (AvgIpc) is 2.58. The Kier molecular flexibility index (Phi) is 6.63.